The van der Waals surface area contributed by atoms with E-state index < -0.39 is 0 Å². The van der Waals surface area contributed by atoms with Crippen molar-refractivity contribution in [2.45, 2.75) is 83.5 Å². The van der Waals surface area contributed by atoms with Gasteiger partial charge >= 0.3 is 0 Å². The maximum absolute atomic E-state index is 9.53. The average Bonchev–Trinajstić information content (AvgIpc) is 3.31. The molecule has 2 aliphatic heterocycles. The molecule has 0 radical (unpaired) electrons. The summed E-state index contributed by atoms with van der Waals surface area (Å²) < 4.78 is 7.67. The van der Waals surface area contributed by atoms with Crippen LogP contribution in [0.15, 0.2) is 18.5 Å². The van der Waals surface area contributed by atoms with Gasteiger partial charge in [-0.3, -0.25) is 19.5 Å². The minimum absolute atomic E-state index is 0.0765. The van der Waals surface area contributed by atoms with Crippen LogP contribution in [0.4, 0.5) is 11.8 Å². The lowest BCUT2D eigenvalue weighted by Crippen LogP contribution is -2.62. The summed E-state index contributed by atoms with van der Waals surface area (Å²) in [7, 11) is 1.70. The number of fused-ring (bicyclic) bond motifs is 1. The Labute approximate surface area is 237 Å². The Morgan fingerprint density at radius 2 is 1.93 bits per heavy atom. The molecular weight excluding hydrogens is 506 g/mol. The third kappa shape index (κ3) is 6.16. The van der Waals surface area contributed by atoms with Crippen LogP contribution in [-0.4, -0.2) is 97.7 Å². The number of nitrogens with two attached hydrogens (primary N) is 1. The van der Waals surface area contributed by atoms with Crippen LogP contribution in [0.3, 0.4) is 0 Å². The van der Waals surface area contributed by atoms with E-state index >= 15 is 0 Å². The summed E-state index contributed by atoms with van der Waals surface area (Å²) in [5.41, 5.74) is 9.49. The second-order valence-electron chi connectivity index (χ2n) is 11.5. The van der Waals surface area contributed by atoms with Gasteiger partial charge in [-0.25, -0.2) is 4.98 Å². The number of piperidine rings is 1. The third-order valence-corrected chi connectivity index (χ3v) is 8.57. The summed E-state index contributed by atoms with van der Waals surface area (Å²) in [5.74, 6) is 2.07. The number of nitrogens with one attached hydrogen (secondary N) is 1. The van der Waals surface area contributed by atoms with Gasteiger partial charge < -0.3 is 20.9 Å². The third-order valence-electron chi connectivity index (χ3n) is 8.57. The van der Waals surface area contributed by atoms with Crippen LogP contribution < -0.4 is 15.8 Å². The number of anilines is 2. The molecule has 11 nitrogen and oxygen atoms in total. The van der Waals surface area contributed by atoms with E-state index in [0.717, 1.165) is 55.7 Å². The van der Waals surface area contributed by atoms with Gasteiger partial charge in [0.15, 0.2) is 5.82 Å². The molecule has 1 atom stereocenters. The fourth-order valence-corrected chi connectivity index (χ4v) is 6.11. The summed E-state index contributed by atoms with van der Waals surface area (Å²) in [6, 6.07) is 3.59. The molecule has 0 bridgehead atoms. The van der Waals surface area contributed by atoms with Crippen LogP contribution in [0, 0.1) is 0 Å². The lowest BCUT2D eigenvalue weighted by molar-refractivity contribution is 0.00269. The van der Waals surface area contributed by atoms with Crippen LogP contribution in [0.1, 0.15) is 70.1 Å². The molecule has 4 N–H and O–H groups in total. The van der Waals surface area contributed by atoms with E-state index in [1.54, 1.807) is 13.3 Å². The van der Waals surface area contributed by atoms with E-state index in [1.165, 1.54) is 18.7 Å². The quantitative estimate of drug-likeness (QED) is 0.309. The highest BCUT2D eigenvalue weighted by Gasteiger charge is 2.35. The molecule has 0 saturated carbocycles. The molecule has 0 aliphatic carbocycles. The van der Waals surface area contributed by atoms with Crippen molar-refractivity contribution in [1.29, 1.82) is 0 Å². The number of aliphatic hydroxyl groups excluding tert-OH is 1. The van der Waals surface area contributed by atoms with Crippen molar-refractivity contribution in [3.8, 4) is 5.75 Å². The fraction of sp³-hybridized carbons (Fsp3) is 0.655. The number of aromatic nitrogens is 5. The molecular formula is C29H45N9O2. The number of hydrogen-bond donors (Lipinski definition) is 3. The summed E-state index contributed by atoms with van der Waals surface area (Å²) in [6.07, 6.45) is 8.54. The normalized spacial score (nSPS) is 18.4. The zero-order valence-corrected chi connectivity index (χ0v) is 24.4. The van der Waals surface area contributed by atoms with Crippen LogP contribution in [0.25, 0.3) is 11.0 Å². The molecule has 1 unspecified atom stereocenters. The number of rotatable bonds is 12. The number of ether oxygens (including phenoxy) is 1. The van der Waals surface area contributed by atoms with Gasteiger partial charge in [0.1, 0.15) is 22.5 Å². The first-order chi connectivity index (χ1) is 19.4. The van der Waals surface area contributed by atoms with E-state index in [4.69, 9.17) is 15.5 Å². The Kier molecular flexibility index (Phi) is 9.02. The molecule has 5 rings (SSSR count). The van der Waals surface area contributed by atoms with E-state index in [2.05, 4.69) is 57.0 Å². The highest BCUT2D eigenvalue weighted by atomic mass is 16.5. The predicted octanol–water partition coefficient (Wildman–Crippen LogP) is 3.10. The molecule has 3 aromatic heterocycles. The summed E-state index contributed by atoms with van der Waals surface area (Å²) >= 11 is 0. The van der Waals surface area contributed by atoms with Gasteiger partial charge in [0, 0.05) is 44.0 Å². The van der Waals surface area contributed by atoms with Crippen LogP contribution in [0.5, 0.6) is 5.75 Å². The van der Waals surface area contributed by atoms with Crippen molar-refractivity contribution in [3.63, 3.8) is 0 Å². The number of nitrogen functional groups attached to an aromatic ring is 1. The maximum Gasteiger partial charge on any atom is 0.222 e. The summed E-state index contributed by atoms with van der Waals surface area (Å²) in [6.45, 7) is 11.9. The summed E-state index contributed by atoms with van der Waals surface area (Å²) in [5, 5.41) is 17.6. The largest absolute Gasteiger partial charge is 0.495 e. The minimum Gasteiger partial charge on any atom is -0.495 e. The number of likely N-dealkylation sites (tertiary alicyclic amines) is 2. The van der Waals surface area contributed by atoms with Gasteiger partial charge in [0.25, 0.3) is 0 Å². The molecule has 5 heterocycles. The molecule has 0 spiro atoms. The minimum atomic E-state index is 0.0765. The van der Waals surface area contributed by atoms with Gasteiger partial charge in [0.05, 0.1) is 19.9 Å². The van der Waals surface area contributed by atoms with Crippen molar-refractivity contribution in [2.24, 2.45) is 0 Å². The molecule has 3 aromatic rings. The SMILES string of the molecule is CCCC(CCO)Nc1nc(N)nc2cnn(Cc3ncc(C4CCN(C5CN(C(C)C)C5)CC4)cc3OC)c12. The monoisotopic (exact) mass is 551 g/mol. The second-order valence-corrected chi connectivity index (χ2v) is 11.5. The number of aliphatic hydroxyl groups is 1. The zero-order chi connectivity index (χ0) is 28.2. The maximum atomic E-state index is 9.53. The fourth-order valence-electron chi connectivity index (χ4n) is 6.11. The number of nitrogens with zero attached hydrogens (tertiary/aromatic N) is 7. The van der Waals surface area contributed by atoms with Gasteiger partial charge in [-0.15, -0.1) is 0 Å². The first kappa shape index (κ1) is 28.5. The number of pyridine rings is 1. The van der Waals surface area contributed by atoms with Gasteiger partial charge in [-0.05, 0) is 70.2 Å². The Bertz CT molecular complexity index is 1260. The molecule has 2 saturated heterocycles. The highest BCUT2D eigenvalue weighted by Crippen LogP contribution is 2.33. The molecule has 218 valence electrons. The standard InChI is InChI=1S/C29H45N9O2/c1-5-6-22(9-12-39)33-28-27-24(34-29(30)35-28)15-32-38(27)18-25-26(40-4)13-21(14-31-25)20-7-10-36(11-8-20)23-16-37(17-23)19(2)3/h13-15,19-20,22-23,39H,5-12,16-18H2,1-4H3,(H3,30,33,34,35). The van der Waals surface area contributed by atoms with Gasteiger partial charge in [-0.1, -0.05) is 13.3 Å². The average molecular weight is 552 g/mol. The van der Waals surface area contributed by atoms with Gasteiger partial charge in [-0.2, -0.15) is 10.1 Å². The number of hydrogen-bond acceptors (Lipinski definition) is 10. The molecule has 2 fully saturated rings. The lowest BCUT2D eigenvalue weighted by atomic mass is 9.88. The zero-order valence-electron chi connectivity index (χ0n) is 24.4. The molecule has 0 amide bonds. The van der Waals surface area contributed by atoms with Crippen molar-refractivity contribution in [1.82, 2.24) is 34.5 Å². The van der Waals surface area contributed by atoms with E-state index in [9.17, 15) is 5.11 Å². The van der Waals surface area contributed by atoms with E-state index in [0.29, 0.717) is 42.3 Å². The smallest absolute Gasteiger partial charge is 0.222 e. The first-order valence-corrected chi connectivity index (χ1v) is 14.8. The summed E-state index contributed by atoms with van der Waals surface area (Å²) in [4.78, 5) is 19.0. The van der Waals surface area contributed by atoms with Crippen LogP contribution >= 0.6 is 0 Å². The van der Waals surface area contributed by atoms with Crippen molar-refractivity contribution in [3.05, 3.63) is 29.7 Å². The molecule has 11 heteroatoms. The van der Waals surface area contributed by atoms with Crippen LogP contribution in [-0.2, 0) is 6.54 Å². The van der Waals surface area contributed by atoms with Crippen molar-refractivity contribution < 1.29 is 9.84 Å². The second kappa shape index (κ2) is 12.7. The first-order valence-electron chi connectivity index (χ1n) is 14.8. The van der Waals surface area contributed by atoms with Crippen molar-refractivity contribution in [2.75, 3.05) is 50.9 Å². The van der Waals surface area contributed by atoms with Crippen LogP contribution in [0.2, 0.25) is 0 Å². The molecule has 0 aromatic carbocycles. The molecule has 2 aliphatic rings. The lowest BCUT2D eigenvalue weighted by Gasteiger charge is -2.49. The Balaban J connectivity index is 1.30. The van der Waals surface area contributed by atoms with Gasteiger partial charge in [0.2, 0.25) is 5.95 Å². The van der Waals surface area contributed by atoms with E-state index in [-0.39, 0.29) is 18.6 Å². The Hall–Kier alpha value is -3.02. The topological polar surface area (TPSA) is 130 Å². The number of methoxy groups -OCH3 is 1. The predicted molar refractivity (Wildman–Crippen MR) is 158 cm³/mol. The van der Waals surface area contributed by atoms with E-state index in [1.807, 2.05) is 10.9 Å². The Morgan fingerprint density at radius 3 is 2.60 bits per heavy atom. The highest BCUT2D eigenvalue weighted by molar-refractivity contribution is 5.86. The van der Waals surface area contributed by atoms with Crippen molar-refractivity contribution >= 4 is 22.8 Å². The Morgan fingerprint density at radius 1 is 1.15 bits per heavy atom. The molecule has 40 heavy (non-hydrogen) atoms.